The number of ether oxygens (including phenoxy) is 1. The van der Waals surface area contributed by atoms with Gasteiger partial charge in [0.05, 0.1) is 12.5 Å². The van der Waals surface area contributed by atoms with Gasteiger partial charge in [-0.3, -0.25) is 0 Å². The topological polar surface area (TPSA) is 34.1 Å². The summed E-state index contributed by atoms with van der Waals surface area (Å²) in [5.41, 5.74) is 0. The van der Waals surface area contributed by atoms with Gasteiger partial charge in [-0.05, 0) is 25.0 Å². The van der Waals surface area contributed by atoms with Crippen LogP contribution in [0.5, 0.6) is 5.75 Å². The molecule has 2 atom stereocenters. The summed E-state index contributed by atoms with van der Waals surface area (Å²) in [4.78, 5) is 4.31. The third kappa shape index (κ3) is 3.25. The van der Waals surface area contributed by atoms with Gasteiger partial charge in [0.15, 0.2) is 11.6 Å². The van der Waals surface area contributed by atoms with Crippen molar-refractivity contribution in [3.05, 3.63) is 18.3 Å². The first-order valence-corrected chi connectivity index (χ1v) is 6.64. The van der Waals surface area contributed by atoms with E-state index in [0.717, 1.165) is 24.4 Å². The monoisotopic (exact) mass is 254 g/mol. The number of methoxy groups -OCH3 is 1. The summed E-state index contributed by atoms with van der Waals surface area (Å²) in [6.45, 7) is 0. The Morgan fingerprint density at radius 2 is 2.18 bits per heavy atom. The largest absolute Gasteiger partial charge is 0.493 e. The van der Waals surface area contributed by atoms with Gasteiger partial charge < -0.3 is 10.1 Å². The first kappa shape index (κ1) is 12.5. The molecule has 2 rings (SSSR count). The molecule has 0 aromatic carbocycles. The molecule has 0 saturated heterocycles. The number of hydrogen-bond donors (Lipinski definition) is 1. The van der Waals surface area contributed by atoms with E-state index >= 15 is 0 Å². The molecule has 1 aromatic rings. The van der Waals surface area contributed by atoms with Crippen LogP contribution >= 0.6 is 11.6 Å². The molecule has 1 N–H and O–H groups in total. The van der Waals surface area contributed by atoms with Crippen molar-refractivity contribution in [2.24, 2.45) is 0 Å². The van der Waals surface area contributed by atoms with Crippen molar-refractivity contribution in [2.45, 2.75) is 43.5 Å². The molecule has 1 saturated carbocycles. The molecule has 0 spiro atoms. The SMILES string of the molecule is COc1cccnc1NC1CCCCCC1Cl. The molecule has 0 amide bonds. The maximum absolute atomic E-state index is 6.40. The lowest BCUT2D eigenvalue weighted by Gasteiger charge is -2.22. The number of nitrogens with zero attached hydrogens (tertiary/aromatic N) is 1. The summed E-state index contributed by atoms with van der Waals surface area (Å²) in [6, 6.07) is 4.08. The van der Waals surface area contributed by atoms with Crippen LogP contribution in [0.3, 0.4) is 0 Å². The normalized spacial score (nSPS) is 25.1. The maximum Gasteiger partial charge on any atom is 0.168 e. The molecule has 3 nitrogen and oxygen atoms in total. The van der Waals surface area contributed by atoms with Crippen LogP contribution in [-0.2, 0) is 0 Å². The molecule has 1 heterocycles. The Balaban J connectivity index is 2.07. The zero-order valence-corrected chi connectivity index (χ0v) is 10.9. The van der Waals surface area contributed by atoms with Crippen molar-refractivity contribution in [3.8, 4) is 5.75 Å². The number of alkyl halides is 1. The Labute approximate surface area is 108 Å². The second kappa shape index (κ2) is 6.10. The number of hydrogen-bond acceptors (Lipinski definition) is 3. The van der Waals surface area contributed by atoms with Crippen LogP contribution in [0, 0.1) is 0 Å². The standard InChI is InChI=1S/C13H19ClN2O/c1-17-12-8-5-9-15-13(12)16-11-7-4-2-3-6-10(11)14/h5,8-11H,2-4,6-7H2,1H3,(H,15,16). The minimum Gasteiger partial charge on any atom is -0.493 e. The zero-order valence-electron chi connectivity index (χ0n) is 10.2. The Kier molecular flexibility index (Phi) is 4.49. The van der Waals surface area contributed by atoms with Crippen molar-refractivity contribution in [1.29, 1.82) is 0 Å². The van der Waals surface area contributed by atoms with Crippen LogP contribution in [0.25, 0.3) is 0 Å². The van der Waals surface area contributed by atoms with Gasteiger partial charge in [0.25, 0.3) is 0 Å². The van der Waals surface area contributed by atoms with Gasteiger partial charge in [-0.2, -0.15) is 0 Å². The third-order valence-electron chi connectivity index (χ3n) is 3.24. The molecule has 1 aromatic heterocycles. The third-order valence-corrected chi connectivity index (χ3v) is 3.77. The number of halogens is 1. The number of aromatic nitrogens is 1. The molecule has 1 aliphatic carbocycles. The van der Waals surface area contributed by atoms with Crippen molar-refractivity contribution >= 4 is 17.4 Å². The quantitative estimate of drug-likeness (QED) is 0.663. The van der Waals surface area contributed by atoms with Crippen molar-refractivity contribution < 1.29 is 4.74 Å². The molecule has 0 bridgehead atoms. The van der Waals surface area contributed by atoms with Gasteiger partial charge in [-0.25, -0.2) is 4.98 Å². The van der Waals surface area contributed by atoms with Crippen molar-refractivity contribution in [2.75, 3.05) is 12.4 Å². The van der Waals surface area contributed by atoms with E-state index in [1.165, 1.54) is 19.3 Å². The molecule has 1 fully saturated rings. The molecular weight excluding hydrogens is 236 g/mol. The molecule has 2 unspecified atom stereocenters. The van der Waals surface area contributed by atoms with Gasteiger partial charge in [-0.1, -0.05) is 19.3 Å². The maximum atomic E-state index is 6.40. The van der Waals surface area contributed by atoms with Crippen LogP contribution in [-0.4, -0.2) is 23.5 Å². The number of rotatable bonds is 3. The van der Waals surface area contributed by atoms with Gasteiger partial charge in [0.2, 0.25) is 0 Å². The molecule has 1 aliphatic rings. The fourth-order valence-corrected chi connectivity index (χ4v) is 2.61. The lowest BCUT2D eigenvalue weighted by Crippen LogP contribution is -2.29. The summed E-state index contributed by atoms with van der Waals surface area (Å²) in [7, 11) is 1.66. The summed E-state index contributed by atoms with van der Waals surface area (Å²) < 4.78 is 5.29. The van der Waals surface area contributed by atoms with Crippen LogP contribution in [0.15, 0.2) is 18.3 Å². The lowest BCUT2D eigenvalue weighted by molar-refractivity contribution is 0.414. The van der Waals surface area contributed by atoms with E-state index in [0.29, 0.717) is 6.04 Å². The molecule has 94 valence electrons. The molecular formula is C13H19ClN2O. The zero-order chi connectivity index (χ0) is 12.1. The fourth-order valence-electron chi connectivity index (χ4n) is 2.26. The minimum atomic E-state index is 0.184. The lowest BCUT2D eigenvalue weighted by atomic mass is 10.1. The number of anilines is 1. The minimum absolute atomic E-state index is 0.184. The highest BCUT2D eigenvalue weighted by molar-refractivity contribution is 6.21. The van der Waals surface area contributed by atoms with E-state index in [4.69, 9.17) is 16.3 Å². The summed E-state index contributed by atoms with van der Waals surface area (Å²) in [5.74, 6) is 1.58. The van der Waals surface area contributed by atoms with E-state index in [2.05, 4.69) is 10.3 Å². The van der Waals surface area contributed by atoms with E-state index in [-0.39, 0.29) is 5.38 Å². The summed E-state index contributed by atoms with van der Waals surface area (Å²) in [6.07, 6.45) is 7.69. The average molecular weight is 255 g/mol. The Morgan fingerprint density at radius 1 is 1.35 bits per heavy atom. The highest BCUT2D eigenvalue weighted by atomic mass is 35.5. The number of nitrogens with one attached hydrogen (secondary N) is 1. The van der Waals surface area contributed by atoms with Crippen LogP contribution in [0.1, 0.15) is 32.1 Å². The van der Waals surface area contributed by atoms with Crippen LogP contribution in [0.2, 0.25) is 0 Å². The van der Waals surface area contributed by atoms with E-state index < -0.39 is 0 Å². The predicted molar refractivity (Wildman–Crippen MR) is 70.9 cm³/mol. The van der Waals surface area contributed by atoms with Crippen LogP contribution in [0.4, 0.5) is 5.82 Å². The fraction of sp³-hybridized carbons (Fsp3) is 0.615. The predicted octanol–water partition coefficient (Wildman–Crippen LogP) is 3.44. The Hall–Kier alpha value is -0.960. The number of pyridine rings is 1. The molecule has 17 heavy (non-hydrogen) atoms. The second-order valence-electron chi connectivity index (χ2n) is 4.46. The molecule has 4 heteroatoms. The summed E-state index contributed by atoms with van der Waals surface area (Å²) >= 11 is 6.40. The van der Waals surface area contributed by atoms with Gasteiger partial charge in [0.1, 0.15) is 0 Å². The van der Waals surface area contributed by atoms with Crippen LogP contribution < -0.4 is 10.1 Å². The average Bonchev–Trinajstić information content (AvgIpc) is 2.56. The van der Waals surface area contributed by atoms with E-state index in [1.807, 2.05) is 12.1 Å². The van der Waals surface area contributed by atoms with Gasteiger partial charge in [0, 0.05) is 12.2 Å². The highest BCUT2D eigenvalue weighted by Gasteiger charge is 2.22. The second-order valence-corrected chi connectivity index (χ2v) is 5.02. The summed E-state index contributed by atoms with van der Waals surface area (Å²) in [5, 5.41) is 3.61. The smallest absolute Gasteiger partial charge is 0.168 e. The van der Waals surface area contributed by atoms with Gasteiger partial charge >= 0.3 is 0 Å². The van der Waals surface area contributed by atoms with Crippen molar-refractivity contribution in [1.82, 2.24) is 4.98 Å². The van der Waals surface area contributed by atoms with E-state index in [9.17, 15) is 0 Å². The molecule has 0 radical (unpaired) electrons. The Morgan fingerprint density at radius 3 is 3.00 bits per heavy atom. The van der Waals surface area contributed by atoms with Crippen molar-refractivity contribution in [3.63, 3.8) is 0 Å². The van der Waals surface area contributed by atoms with E-state index in [1.54, 1.807) is 13.3 Å². The first-order valence-electron chi connectivity index (χ1n) is 6.21. The first-order chi connectivity index (χ1) is 8.31. The van der Waals surface area contributed by atoms with Gasteiger partial charge in [-0.15, -0.1) is 11.6 Å². The molecule has 0 aliphatic heterocycles. The Bertz CT molecular complexity index is 359. The highest BCUT2D eigenvalue weighted by Crippen LogP contribution is 2.28.